The van der Waals surface area contributed by atoms with Gasteiger partial charge in [0.05, 0.1) is 6.42 Å². The van der Waals surface area contributed by atoms with Crippen LogP contribution in [0.4, 0.5) is 4.39 Å². The van der Waals surface area contributed by atoms with Gasteiger partial charge in [-0.05, 0) is 22.0 Å². The highest BCUT2D eigenvalue weighted by Gasteiger charge is 2.28. The van der Waals surface area contributed by atoms with E-state index < -0.39 is 17.3 Å². The van der Waals surface area contributed by atoms with E-state index in [4.69, 9.17) is 5.11 Å². The number of carboxylic acids is 1. The molecule has 5 heteroatoms. The maximum Gasteiger partial charge on any atom is 0.304 e. The molecule has 0 amide bonds. The number of rotatable bonds is 3. The second-order valence-corrected chi connectivity index (χ2v) is 4.86. The second kappa shape index (κ2) is 4.26. The molecule has 3 nitrogen and oxygen atoms in total. The molecular formula is C10H11BrFNO2. The third-order valence-corrected chi connectivity index (χ3v) is 2.56. The van der Waals surface area contributed by atoms with Crippen LogP contribution in [0.5, 0.6) is 0 Å². The van der Waals surface area contributed by atoms with E-state index in [1.807, 2.05) is 0 Å². The predicted molar refractivity (Wildman–Crippen MR) is 57.2 cm³/mol. The van der Waals surface area contributed by atoms with Gasteiger partial charge in [0, 0.05) is 21.6 Å². The van der Waals surface area contributed by atoms with Crippen LogP contribution in [0.2, 0.25) is 0 Å². The number of aliphatic carboxylic acids is 1. The molecule has 1 N–H and O–H groups in total. The van der Waals surface area contributed by atoms with E-state index in [1.165, 1.54) is 6.20 Å². The maximum absolute atomic E-state index is 13.4. The zero-order valence-corrected chi connectivity index (χ0v) is 10.0. The van der Waals surface area contributed by atoms with Crippen molar-refractivity contribution in [2.75, 3.05) is 0 Å². The third kappa shape index (κ3) is 2.99. The summed E-state index contributed by atoms with van der Waals surface area (Å²) in [5.74, 6) is -1.58. The topological polar surface area (TPSA) is 50.2 Å². The van der Waals surface area contributed by atoms with Crippen molar-refractivity contribution in [3.63, 3.8) is 0 Å². The highest BCUT2D eigenvalue weighted by Crippen LogP contribution is 2.30. The second-order valence-electron chi connectivity index (χ2n) is 3.95. The minimum Gasteiger partial charge on any atom is -0.481 e. The zero-order valence-electron chi connectivity index (χ0n) is 8.42. The van der Waals surface area contributed by atoms with Crippen molar-refractivity contribution in [3.05, 3.63) is 28.2 Å². The lowest BCUT2D eigenvalue weighted by molar-refractivity contribution is -0.138. The van der Waals surface area contributed by atoms with E-state index in [2.05, 4.69) is 20.9 Å². The molecule has 0 aliphatic rings. The Bertz CT molecular complexity index is 393. The molecule has 1 aromatic heterocycles. The molecule has 82 valence electrons. The number of pyridine rings is 1. The number of aromatic nitrogens is 1. The fourth-order valence-electron chi connectivity index (χ4n) is 1.37. The molecule has 0 spiro atoms. The largest absolute Gasteiger partial charge is 0.481 e. The van der Waals surface area contributed by atoms with Crippen molar-refractivity contribution in [2.45, 2.75) is 25.7 Å². The van der Waals surface area contributed by atoms with E-state index in [0.29, 0.717) is 10.0 Å². The molecule has 0 atom stereocenters. The Kier molecular flexibility index (Phi) is 3.44. The van der Waals surface area contributed by atoms with Gasteiger partial charge in [-0.25, -0.2) is 4.98 Å². The van der Waals surface area contributed by atoms with Gasteiger partial charge in [0.25, 0.3) is 0 Å². The van der Waals surface area contributed by atoms with Crippen molar-refractivity contribution in [1.29, 1.82) is 0 Å². The number of halogens is 2. The van der Waals surface area contributed by atoms with Gasteiger partial charge in [-0.15, -0.1) is 0 Å². The van der Waals surface area contributed by atoms with Crippen LogP contribution in [0.3, 0.4) is 0 Å². The molecular weight excluding hydrogens is 265 g/mol. The van der Waals surface area contributed by atoms with Crippen LogP contribution in [0.15, 0.2) is 16.7 Å². The van der Waals surface area contributed by atoms with Crippen LogP contribution in [0.1, 0.15) is 25.8 Å². The van der Waals surface area contributed by atoms with Gasteiger partial charge in [-0.2, -0.15) is 4.39 Å². The van der Waals surface area contributed by atoms with Gasteiger partial charge in [0.1, 0.15) is 0 Å². The number of hydrogen-bond acceptors (Lipinski definition) is 2. The number of carbonyl (C=O) groups is 1. The number of hydrogen-bond donors (Lipinski definition) is 1. The molecule has 0 aliphatic carbocycles. The van der Waals surface area contributed by atoms with Crippen molar-refractivity contribution in [2.24, 2.45) is 0 Å². The molecule has 0 radical (unpaired) electrons. The summed E-state index contributed by atoms with van der Waals surface area (Å²) in [5.41, 5.74) is -0.466. The first-order valence-electron chi connectivity index (χ1n) is 4.36. The highest BCUT2D eigenvalue weighted by molar-refractivity contribution is 9.10. The predicted octanol–water partition coefficient (Wildman–Crippen LogP) is 2.74. The molecule has 15 heavy (non-hydrogen) atoms. The van der Waals surface area contributed by atoms with Crippen molar-refractivity contribution in [1.82, 2.24) is 4.98 Å². The number of carboxylic acid groups (broad SMARTS) is 1. The summed E-state index contributed by atoms with van der Waals surface area (Å²) >= 11 is 3.18. The SMILES string of the molecule is CC(C)(CC(=O)O)c1cc(Br)cnc1F. The summed E-state index contributed by atoms with van der Waals surface area (Å²) in [5, 5.41) is 8.72. The monoisotopic (exact) mass is 275 g/mol. The van der Waals surface area contributed by atoms with Crippen LogP contribution >= 0.6 is 15.9 Å². The van der Waals surface area contributed by atoms with Crippen LogP contribution in [-0.4, -0.2) is 16.1 Å². The Balaban J connectivity index is 3.13. The van der Waals surface area contributed by atoms with Crippen LogP contribution in [0.25, 0.3) is 0 Å². The molecule has 1 rings (SSSR count). The van der Waals surface area contributed by atoms with Gasteiger partial charge in [0.2, 0.25) is 5.95 Å². The number of nitrogens with zero attached hydrogens (tertiary/aromatic N) is 1. The van der Waals surface area contributed by atoms with Gasteiger partial charge < -0.3 is 5.11 Å². The Morgan fingerprint density at radius 1 is 1.67 bits per heavy atom. The van der Waals surface area contributed by atoms with Gasteiger partial charge in [0.15, 0.2) is 0 Å². The van der Waals surface area contributed by atoms with Crippen LogP contribution < -0.4 is 0 Å². The summed E-state index contributed by atoms with van der Waals surface area (Å²) in [6, 6.07) is 1.56. The molecule has 0 aliphatic heterocycles. The van der Waals surface area contributed by atoms with E-state index in [9.17, 15) is 9.18 Å². The minimum absolute atomic E-state index is 0.137. The summed E-state index contributed by atoms with van der Waals surface area (Å²) < 4.78 is 14.0. The molecule has 1 aromatic rings. The van der Waals surface area contributed by atoms with Crippen LogP contribution in [0, 0.1) is 5.95 Å². The van der Waals surface area contributed by atoms with E-state index in [1.54, 1.807) is 19.9 Å². The molecule has 0 bridgehead atoms. The van der Waals surface area contributed by atoms with E-state index in [0.717, 1.165) is 0 Å². The Labute approximate surface area is 95.5 Å². The summed E-state index contributed by atoms with van der Waals surface area (Å²) in [7, 11) is 0. The molecule has 0 fully saturated rings. The lowest BCUT2D eigenvalue weighted by Gasteiger charge is -2.23. The lowest BCUT2D eigenvalue weighted by atomic mass is 9.82. The van der Waals surface area contributed by atoms with Crippen molar-refractivity contribution < 1.29 is 14.3 Å². The standard InChI is InChI=1S/C10H11BrFNO2/c1-10(2,4-8(14)15)7-3-6(11)5-13-9(7)12/h3,5H,4H2,1-2H3,(H,14,15). The van der Waals surface area contributed by atoms with Crippen molar-refractivity contribution >= 4 is 21.9 Å². The lowest BCUT2D eigenvalue weighted by Crippen LogP contribution is -2.23. The highest BCUT2D eigenvalue weighted by atomic mass is 79.9. The first kappa shape index (κ1) is 12.1. The summed E-state index contributed by atoms with van der Waals surface area (Å²) in [6.45, 7) is 3.35. The summed E-state index contributed by atoms with van der Waals surface area (Å²) in [6.07, 6.45) is 1.21. The minimum atomic E-state index is -0.959. The Hall–Kier alpha value is -0.970. The van der Waals surface area contributed by atoms with E-state index >= 15 is 0 Å². The first-order chi connectivity index (χ1) is 6.83. The fourth-order valence-corrected chi connectivity index (χ4v) is 1.70. The Morgan fingerprint density at radius 2 is 2.27 bits per heavy atom. The zero-order chi connectivity index (χ0) is 11.6. The van der Waals surface area contributed by atoms with Gasteiger partial charge in [-0.1, -0.05) is 13.8 Å². The van der Waals surface area contributed by atoms with E-state index in [-0.39, 0.29) is 6.42 Å². The molecule has 0 unspecified atom stereocenters. The van der Waals surface area contributed by atoms with Crippen LogP contribution in [-0.2, 0) is 10.2 Å². The smallest absolute Gasteiger partial charge is 0.304 e. The molecule has 0 saturated heterocycles. The molecule has 0 saturated carbocycles. The average molecular weight is 276 g/mol. The Morgan fingerprint density at radius 3 is 2.80 bits per heavy atom. The third-order valence-electron chi connectivity index (χ3n) is 2.13. The molecule has 0 aromatic carbocycles. The quantitative estimate of drug-likeness (QED) is 0.863. The van der Waals surface area contributed by atoms with Gasteiger partial charge >= 0.3 is 5.97 Å². The van der Waals surface area contributed by atoms with Crippen molar-refractivity contribution in [3.8, 4) is 0 Å². The first-order valence-corrected chi connectivity index (χ1v) is 5.15. The fraction of sp³-hybridized carbons (Fsp3) is 0.400. The maximum atomic E-state index is 13.4. The molecule has 1 heterocycles. The average Bonchev–Trinajstić information content (AvgIpc) is 2.06. The normalized spacial score (nSPS) is 11.5. The summed E-state index contributed by atoms with van der Waals surface area (Å²) in [4.78, 5) is 14.2. The van der Waals surface area contributed by atoms with Gasteiger partial charge in [-0.3, -0.25) is 4.79 Å².